The van der Waals surface area contributed by atoms with Gasteiger partial charge in [-0.25, -0.2) is 0 Å². The standard InChI is InChI=1S/C22H33N3O2/c1-4-5-14-24(3)21(27)22(12-13-22)20(26)23-18-6-8-19(9-7-18)25-15-10-17(2)11-16-25/h6-9,17H,4-5,10-16H2,1-3H3,(H,23,26). The van der Waals surface area contributed by atoms with Crippen molar-refractivity contribution >= 4 is 23.2 Å². The van der Waals surface area contributed by atoms with Crippen molar-refractivity contribution in [2.75, 3.05) is 36.9 Å². The van der Waals surface area contributed by atoms with Crippen LogP contribution in [0.4, 0.5) is 11.4 Å². The predicted octanol–water partition coefficient (Wildman–Crippen LogP) is 3.90. The lowest BCUT2D eigenvalue weighted by atomic mass is 9.99. The summed E-state index contributed by atoms with van der Waals surface area (Å²) in [5.41, 5.74) is 1.13. The van der Waals surface area contributed by atoms with Gasteiger partial charge in [0.05, 0.1) is 0 Å². The number of amides is 2. The van der Waals surface area contributed by atoms with E-state index >= 15 is 0 Å². The first kappa shape index (κ1) is 19.7. The molecule has 1 aromatic carbocycles. The number of benzene rings is 1. The fraction of sp³-hybridized carbons (Fsp3) is 0.636. The molecule has 1 aromatic rings. The molecule has 1 aliphatic heterocycles. The molecule has 0 bridgehead atoms. The summed E-state index contributed by atoms with van der Waals surface area (Å²) < 4.78 is 0. The van der Waals surface area contributed by atoms with Crippen LogP contribution in [0.3, 0.4) is 0 Å². The fourth-order valence-electron chi connectivity index (χ4n) is 3.80. The Morgan fingerprint density at radius 2 is 1.81 bits per heavy atom. The van der Waals surface area contributed by atoms with Gasteiger partial charge in [0, 0.05) is 38.1 Å². The van der Waals surface area contributed by atoms with E-state index in [-0.39, 0.29) is 11.8 Å². The van der Waals surface area contributed by atoms with Gasteiger partial charge in [0.25, 0.3) is 0 Å². The highest BCUT2D eigenvalue weighted by Crippen LogP contribution is 2.48. The molecule has 0 spiro atoms. The first-order valence-electron chi connectivity index (χ1n) is 10.4. The zero-order valence-corrected chi connectivity index (χ0v) is 17.0. The summed E-state index contributed by atoms with van der Waals surface area (Å²) in [5.74, 6) is 0.616. The number of anilines is 2. The Morgan fingerprint density at radius 1 is 1.19 bits per heavy atom. The molecule has 1 heterocycles. The van der Waals surface area contributed by atoms with Crippen molar-refractivity contribution in [3.8, 4) is 0 Å². The zero-order valence-electron chi connectivity index (χ0n) is 17.0. The molecule has 2 amide bonds. The Bertz CT molecular complexity index is 659. The summed E-state index contributed by atoms with van der Waals surface area (Å²) >= 11 is 0. The van der Waals surface area contributed by atoms with Crippen LogP contribution in [-0.4, -0.2) is 43.4 Å². The lowest BCUT2D eigenvalue weighted by Gasteiger charge is -2.32. The van der Waals surface area contributed by atoms with Crippen LogP contribution in [0.15, 0.2) is 24.3 Å². The van der Waals surface area contributed by atoms with Gasteiger partial charge >= 0.3 is 0 Å². The number of piperidine rings is 1. The van der Waals surface area contributed by atoms with Crippen LogP contribution in [0.2, 0.25) is 0 Å². The number of carbonyl (C=O) groups excluding carboxylic acids is 2. The van der Waals surface area contributed by atoms with Gasteiger partial charge in [0.1, 0.15) is 5.41 Å². The van der Waals surface area contributed by atoms with E-state index in [9.17, 15) is 9.59 Å². The maximum absolute atomic E-state index is 12.8. The van der Waals surface area contributed by atoms with Crippen molar-refractivity contribution in [3.05, 3.63) is 24.3 Å². The fourth-order valence-corrected chi connectivity index (χ4v) is 3.80. The van der Waals surface area contributed by atoms with Gasteiger partial charge in [-0.2, -0.15) is 0 Å². The molecule has 5 nitrogen and oxygen atoms in total. The SMILES string of the molecule is CCCCN(C)C(=O)C1(C(=O)Nc2ccc(N3CCC(C)CC3)cc2)CC1. The van der Waals surface area contributed by atoms with E-state index in [4.69, 9.17) is 0 Å². The van der Waals surface area contributed by atoms with Crippen LogP contribution in [0.25, 0.3) is 0 Å². The topological polar surface area (TPSA) is 52.7 Å². The van der Waals surface area contributed by atoms with Crippen molar-refractivity contribution in [1.29, 1.82) is 0 Å². The van der Waals surface area contributed by atoms with Gasteiger partial charge in [-0.15, -0.1) is 0 Å². The van der Waals surface area contributed by atoms with Gasteiger partial charge in [0.15, 0.2) is 0 Å². The van der Waals surface area contributed by atoms with Crippen molar-refractivity contribution in [2.45, 2.75) is 52.4 Å². The van der Waals surface area contributed by atoms with E-state index in [1.165, 1.54) is 18.5 Å². The zero-order chi connectivity index (χ0) is 19.4. The van der Waals surface area contributed by atoms with E-state index in [0.717, 1.165) is 37.5 Å². The quantitative estimate of drug-likeness (QED) is 0.740. The highest BCUT2D eigenvalue weighted by atomic mass is 16.2. The van der Waals surface area contributed by atoms with E-state index in [1.54, 1.807) is 11.9 Å². The molecular weight excluding hydrogens is 338 g/mol. The molecular formula is C22H33N3O2. The monoisotopic (exact) mass is 371 g/mol. The van der Waals surface area contributed by atoms with Gasteiger partial charge < -0.3 is 15.1 Å². The van der Waals surface area contributed by atoms with Gasteiger partial charge in [-0.1, -0.05) is 20.3 Å². The minimum absolute atomic E-state index is 0.0347. The van der Waals surface area contributed by atoms with E-state index in [0.29, 0.717) is 19.4 Å². The summed E-state index contributed by atoms with van der Waals surface area (Å²) in [6.45, 7) is 7.31. The summed E-state index contributed by atoms with van der Waals surface area (Å²) in [4.78, 5) is 29.6. The Morgan fingerprint density at radius 3 is 2.37 bits per heavy atom. The van der Waals surface area contributed by atoms with E-state index in [2.05, 4.69) is 36.2 Å². The molecule has 5 heteroatoms. The van der Waals surface area contributed by atoms with Crippen molar-refractivity contribution in [2.24, 2.45) is 11.3 Å². The summed E-state index contributed by atoms with van der Waals surface area (Å²) in [7, 11) is 1.81. The van der Waals surface area contributed by atoms with Gasteiger partial charge in [-0.05, 0) is 62.3 Å². The highest BCUT2D eigenvalue weighted by molar-refractivity contribution is 6.13. The minimum Gasteiger partial charge on any atom is -0.372 e. The molecule has 3 rings (SSSR count). The third-order valence-corrected chi connectivity index (χ3v) is 6.06. The molecule has 1 saturated heterocycles. The molecule has 1 N–H and O–H groups in total. The molecule has 0 radical (unpaired) electrons. The van der Waals surface area contributed by atoms with Crippen molar-refractivity contribution in [1.82, 2.24) is 4.90 Å². The lowest BCUT2D eigenvalue weighted by molar-refractivity contribution is -0.141. The highest BCUT2D eigenvalue weighted by Gasteiger charge is 2.57. The molecule has 148 valence electrons. The number of hydrogen-bond acceptors (Lipinski definition) is 3. The second-order valence-corrected chi connectivity index (χ2v) is 8.33. The first-order chi connectivity index (χ1) is 13.0. The molecule has 0 unspecified atom stereocenters. The molecule has 27 heavy (non-hydrogen) atoms. The van der Waals surface area contributed by atoms with Crippen LogP contribution in [0.1, 0.15) is 52.4 Å². The number of hydrogen-bond donors (Lipinski definition) is 1. The number of carbonyl (C=O) groups is 2. The maximum Gasteiger partial charge on any atom is 0.240 e. The molecule has 1 aliphatic carbocycles. The Balaban J connectivity index is 1.58. The smallest absolute Gasteiger partial charge is 0.240 e. The Kier molecular flexibility index (Phi) is 6.08. The summed E-state index contributed by atoms with van der Waals surface area (Å²) in [5, 5.41) is 2.97. The average molecular weight is 372 g/mol. The lowest BCUT2D eigenvalue weighted by Crippen LogP contribution is -2.41. The number of nitrogens with zero attached hydrogens (tertiary/aromatic N) is 2. The molecule has 1 saturated carbocycles. The predicted molar refractivity (Wildman–Crippen MR) is 110 cm³/mol. The minimum atomic E-state index is -0.843. The van der Waals surface area contributed by atoms with Crippen molar-refractivity contribution in [3.63, 3.8) is 0 Å². The van der Waals surface area contributed by atoms with Gasteiger partial charge in [-0.3, -0.25) is 9.59 Å². The summed E-state index contributed by atoms with van der Waals surface area (Å²) in [6.07, 6.45) is 5.77. The largest absolute Gasteiger partial charge is 0.372 e. The second-order valence-electron chi connectivity index (χ2n) is 8.33. The normalized spacial score (nSPS) is 18.9. The second kappa shape index (κ2) is 8.32. The van der Waals surface area contributed by atoms with Crippen LogP contribution in [-0.2, 0) is 9.59 Å². The molecule has 2 fully saturated rings. The average Bonchev–Trinajstić information content (AvgIpc) is 3.49. The third kappa shape index (κ3) is 4.45. The van der Waals surface area contributed by atoms with Gasteiger partial charge in [0.2, 0.25) is 11.8 Å². The van der Waals surface area contributed by atoms with Crippen LogP contribution in [0, 0.1) is 11.3 Å². The van der Waals surface area contributed by atoms with Crippen LogP contribution in [0.5, 0.6) is 0 Å². The van der Waals surface area contributed by atoms with Crippen LogP contribution < -0.4 is 10.2 Å². The third-order valence-electron chi connectivity index (χ3n) is 6.06. The molecule has 2 aliphatic rings. The molecule has 0 atom stereocenters. The Hall–Kier alpha value is -2.04. The maximum atomic E-state index is 12.8. The van der Waals surface area contributed by atoms with E-state index in [1.807, 2.05) is 12.1 Å². The number of nitrogens with one attached hydrogen (secondary N) is 1. The van der Waals surface area contributed by atoms with Crippen LogP contribution >= 0.6 is 0 Å². The molecule has 0 aromatic heterocycles. The Labute approximate surface area is 163 Å². The van der Waals surface area contributed by atoms with E-state index < -0.39 is 5.41 Å². The first-order valence-corrected chi connectivity index (χ1v) is 10.4. The number of unbranched alkanes of at least 4 members (excludes halogenated alkanes) is 1. The summed E-state index contributed by atoms with van der Waals surface area (Å²) in [6, 6.07) is 8.04. The number of rotatable bonds is 7. The van der Waals surface area contributed by atoms with Crippen molar-refractivity contribution < 1.29 is 9.59 Å².